The first-order valence-corrected chi connectivity index (χ1v) is 8.71. The molecule has 2 aliphatic rings. The van der Waals surface area contributed by atoms with Crippen LogP contribution in [0, 0.1) is 5.92 Å². The van der Waals surface area contributed by atoms with Crippen molar-refractivity contribution in [3.63, 3.8) is 0 Å². The van der Waals surface area contributed by atoms with Crippen molar-refractivity contribution in [2.45, 2.75) is 45.6 Å². The SMILES string of the molecule is CCc1ccc(CN2CCC[C@H](C(=O)N3CCCC3)C2)nc1. The lowest BCUT2D eigenvalue weighted by Crippen LogP contribution is -2.43. The number of aryl methyl sites for hydroxylation is 1. The lowest BCUT2D eigenvalue weighted by atomic mass is 9.96. The van der Waals surface area contributed by atoms with Crippen molar-refractivity contribution in [1.29, 1.82) is 0 Å². The van der Waals surface area contributed by atoms with E-state index in [0.717, 1.165) is 57.7 Å². The molecule has 22 heavy (non-hydrogen) atoms. The number of nitrogens with zero attached hydrogens (tertiary/aromatic N) is 3. The van der Waals surface area contributed by atoms with Crippen LogP contribution in [0.15, 0.2) is 18.3 Å². The van der Waals surface area contributed by atoms with Gasteiger partial charge in [-0.3, -0.25) is 14.7 Å². The fourth-order valence-corrected chi connectivity index (χ4v) is 3.58. The Morgan fingerprint density at radius 2 is 2.05 bits per heavy atom. The van der Waals surface area contributed by atoms with E-state index in [9.17, 15) is 4.79 Å². The van der Waals surface area contributed by atoms with Crippen LogP contribution < -0.4 is 0 Å². The van der Waals surface area contributed by atoms with Gasteiger partial charge in [-0.25, -0.2) is 0 Å². The van der Waals surface area contributed by atoms with Gasteiger partial charge in [0.15, 0.2) is 0 Å². The largest absolute Gasteiger partial charge is 0.342 e. The van der Waals surface area contributed by atoms with E-state index in [4.69, 9.17) is 0 Å². The van der Waals surface area contributed by atoms with Crippen LogP contribution in [-0.2, 0) is 17.8 Å². The molecule has 0 unspecified atom stereocenters. The first kappa shape index (κ1) is 15.5. The molecule has 120 valence electrons. The molecule has 4 nitrogen and oxygen atoms in total. The molecule has 1 amide bonds. The van der Waals surface area contributed by atoms with Gasteiger partial charge < -0.3 is 4.90 Å². The second-order valence-electron chi connectivity index (χ2n) is 6.62. The molecular formula is C18H27N3O. The van der Waals surface area contributed by atoms with Crippen molar-refractivity contribution in [3.05, 3.63) is 29.6 Å². The van der Waals surface area contributed by atoms with Crippen molar-refractivity contribution >= 4 is 5.91 Å². The van der Waals surface area contributed by atoms with Crippen molar-refractivity contribution in [1.82, 2.24) is 14.8 Å². The molecule has 0 spiro atoms. The quantitative estimate of drug-likeness (QED) is 0.857. The molecule has 0 bridgehead atoms. The summed E-state index contributed by atoms with van der Waals surface area (Å²) >= 11 is 0. The molecule has 2 aliphatic heterocycles. The topological polar surface area (TPSA) is 36.4 Å². The summed E-state index contributed by atoms with van der Waals surface area (Å²) < 4.78 is 0. The van der Waals surface area contributed by atoms with Gasteiger partial charge in [0.1, 0.15) is 0 Å². The minimum Gasteiger partial charge on any atom is -0.342 e. The Balaban J connectivity index is 1.56. The third-order valence-electron chi connectivity index (χ3n) is 4.95. The lowest BCUT2D eigenvalue weighted by Gasteiger charge is -2.33. The van der Waals surface area contributed by atoms with E-state index in [1.54, 1.807) is 0 Å². The Morgan fingerprint density at radius 3 is 2.73 bits per heavy atom. The minimum absolute atomic E-state index is 0.196. The standard InChI is InChI=1S/C18H27N3O/c1-2-15-7-8-17(19-12-15)14-20-9-5-6-16(13-20)18(22)21-10-3-4-11-21/h7-8,12,16H,2-6,9-11,13-14H2,1H3/t16-/m0/s1. The Hall–Kier alpha value is -1.42. The molecule has 2 fully saturated rings. The van der Waals surface area contributed by atoms with E-state index in [0.29, 0.717) is 5.91 Å². The predicted molar refractivity (Wildman–Crippen MR) is 87.4 cm³/mol. The summed E-state index contributed by atoms with van der Waals surface area (Å²) in [5, 5.41) is 0. The van der Waals surface area contributed by atoms with E-state index < -0.39 is 0 Å². The fraction of sp³-hybridized carbons (Fsp3) is 0.667. The molecule has 3 heterocycles. The van der Waals surface area contributed by atoms with Crippen LogP contribution in [-0.4, -0.2) is 46.9 Å². The number of carbonyl (C=O) groups excluding carboxylic acids is 1. The van der Waals surface area contributed by atoms with Gasteiger partial charge in [-0.2, -0.15) is 0 Å². The molecule has 1 aromatic rings. The first-order chi connectivity index (χ1) is 10.8. The molecule has 0 N–H and O–H groups in total. The van der Waals surface area contributed by atoms with Crippen LogP contribution >= 0.6 is 0 Å². The van der Waals surface area contributed by atoms with Crippen LogP contribution in [0.2, 0.25) is 0 Å². The van der Waals surface area contributed by atoms with Gasteiger partial charge in [0, 0.05) is 32.4 Å². The number of carbonyl (C=O) groups is 1. The number of hydrogen-bond acceptors (Lipinski definition) is 3. The lowest BCUT2D eigenvalue weighted by molar-refractivity contribution is -0.136. The Kier molecular flexibility index (Phi) is 5.08. The highest BCUT2D eigenvalue weighted by Crippen LogP contribution is 2.22. The summed E-state index contributed by atoms with van der Waals surface area (Å²) in [6.07, 6.45) is 7.53. The Bertz CT molecular complexity index is 494. The molecule has 0 aliphatic carbocycles. The summed E-state index contributed by atoms with van der Waals surface area (Å²) in [5.41, 5.74) is 2.40. The predicted octanol–water partition coefficient (Wildman–Crippen LogP) is 2.48. The zero-order valence-corrected chi connectivity index (χ0v) is 13.6. The van der Waals surface area contributed by atoms with E-state index in [2.05, 4.69) is 33.8 Å². The maximum absolute atomic E-state index is 12.6. The van der Waals surface area contributed by atoms with Crippen molar-refractivity contribution in [2.24, 2.45) is 5.92 Å². The number of pyridine rings is 1. The van der Waals surface area contributed by atoms with E-state index in [-0.39, 0.29) is 5.92 Å². The molecule has 0 aromatic carbocycles. The maximum Gasteiger partial charge on any atom is 0.226 e. The van der Waals surface area contributed by atoms with Crippen molar-refractivity contribution in [2.75, 3.05) is 26.2 Å². The van der Waals surface area contributed by atoms with Crippen LogP contribution in [0.25, 0.3) is 0 Å². The highest BCUT2D eigenvalue weighted by atomic mass is 16.2. The number of rotatable bonds is 4. The summed E-state index contributed by atoms with van der Waals surface area (Å²) in [7, 11) is 0. The van der Waals surface area contributed by atoms with Gasteiger partial charge in [0.05, 0.1) is 11.6 Å². The zero-order chi connectivity index (χ0) is 15.4. The zero-order valence-electron chi connectivity index (χ0n) is 13.6. The summed E-state index contributed by atoms with van der Waals surface area (Å²) in [5.74, 6) is 0.582. The summed E-state index contributed by atoms with van der Waals surface area (Å²) in [6, 6.07) is 4.30. The fourth-order valence-electron chi connectivity index (χ4n) is 3.58. The molecule has 4 heteroatoms. The molecule has 1 atom stereocenters. The monoisotopic (exact) mass is 301 g/mol. The van der Waals surface area contributed by atoms with Crippen molar-refractivity contribution in [3.8, 4) is 0 Å². The van der Waals surface area contributed by atoms with Crippen LogP contribution in [0.4, 0.5) is 0 Å². The number of likely N-dealkylation sites (tertiary alicyclic amines) is 2. The average Bonchev–Trinajstić information content (AvgIpc) is 3.09. The van der Waals surface area contributed by atoms with Gasteiger partial charge in [-0.05, 0) is 50.3 Å². The average molecular weight is 301 g/mol. The third-order valence-corrected chi connectivity index (χ3v) is 4.95. The maximum atomic E-state index is 12.6. The van der Waals surface area contributed by atoms with Crippen molar-refractivity contribution < 1.29 is 4.79 Å². The molecular weight excluding hydrogens is 274 g/mol. The highest BCUT2D eigenvalue weighted by Gasteiger charge is 2.30. The van der Waals surface area contributed by atoms with E-state index >= 15 is 0 Å². The number of hydrogen-bond donors (Lipinski definition) is 0. The second-order valence-corrected chi connectivity index (χ2v) is 6.62. The van der Waals surface area contributed by atoms with E-state index in [1.165, 1.54) is 18.4 Å². The second kappa shape index (κ2) is 7.23. The van der Waals surface area contributed by atoms with Crippen LogP contribution in [0.5, 0.6) is 0 Å². The highest BCUT2D eigenvalue weighted by molar-refractivity contribution is 5.79. The molecule has 1 aromatic heterocycles. The van der Waals surface area contributed by atoms with Gasteiger partial charge in [0.25, 0.3) is 0 Å². The smallest absolute Gasteiger partial charge is 0.226 e. The minimum atomic E-state index is 0.196. The Labute approximate surface area is 133 Å². The van der Waals surface area contributed by atoms with Crippen LogP contribution in [0.1, 0.15) is 43.9 Å². The summed E-state index contributed by atoms with van der Waals surface area (Å²) in [4.78, 5) is 21.6. The van der Waals surface area contributed by atoms with Gasteiger partial charge in [0.2, 0.25) is 5.91 Å². The molecule has 3 rings (SSSR count). The van der Waals surface area contributed by atoms with Gasteiger partial charge in [-0.15, -0.1) is 0 Å². The van der Waals surface area contributed by atoms with E-state index in [1.807, 2.05) is 6.20 Å². The summed E-state index contributed by atoms with van der Waals surface area (Å²) in [6.45, 7) is 6.93. The number of piperidine rings is 1. The third kappa shape index (κ3) is 3.67. The van der Waals surface area contributed by atoms with Crippen LogP contribution in [0.3, 0.4) is 0 Å². The molecule has 2 saturated heterocycles. The first-order valence-electron chi connectivity index (χ1n) is 8.71. The van der Waals surface area contributed by atoms with Gasteiger partial charge in [-0.1, -0.05) is 13.0 Å². The number of amides is 1. The Morgan fingerprint density at radius 1 is 1.23 bits per heavy atom. The van der Waals surface area contributed by atoms with Gasteiger partial charge >= 0.3 is 0 Å². The number of aromatic nitrogens is 1. The normalized spacial score (nSPS) is 23.0. The molecule has 0 saturated carbocycles. The molecule has 0 radical (unpaired) electrons.